The van der Waals surface area contributed by atoms with E-state index in [-0.39, 0.29) is 0 Å². The standard InChI is InChI=1S/C19H18N6S2/c1-13-22-18(17-14(12-27-19(17)23-13)15-3-2-10-26-15)25-8-6-24(7-9-25)16-11-20-4-5-21-16/h2-5,10-12H,6-9H2,1H3. The van der Waals surface area contributed by atoms with Gasteiger partial charge in [0.05, 0.1) is 11.6 Å². The highest BCUT2D eigenvalue weighted by molar-refractivity contribution is 7.18. The van der Waals surface area contributed by atoms with Crippen LogP contribution in [0.4, 0.5) is 11.6 Å². The second-order valence-corrected chi connectivity index (χ2v) is 8.24. The summed E-state index contributed by atoms with van der Waals surface area (Å²) in [4.78, 5) is 25.1. The van der Waals surface area contributed by atoms with Gasteiger partial charge >= 0.3 is 0 Å². The van der Waals surface area contributed by atoms with Crippen molar-refractivity contribution in [1.82, 2.24) is 19.9 Å². The molecule has 27 heavy (non-hydrogen) atoms. The molecule has 0 unspecified atom stereocenters. The maximum absolute atomic E-state index is 4.85. The SMILES string of the molecule is Cc1nc(N2CCN(c3cnccn3)CC2)c2c(-c3cccs3)csc2n1. The van der Waals surface area contributed by atoms with Crippen LogP contribution in [0.5, 0.6) is 0 Å². The summed E-state index contributed by atoms with van der Waals surface area (Å²) in [7, 11) is 0. The zero-order valence-corrected chi connectivity index (χ0v) is 16.5. The number of nitrogens with zero attached hydrogens (tertiary/aromatic N) is 6. The summed E-state index contributed by atoms with van der Waals surface area (Å²) in [6.07, 6.45) is 5.29. The molecule has 5 heterocycles. The van der Waals surface area contributed by atoms with E-state index < -0.39 is 0 Å². The molecule has 1 aliphatic heterocycles. The minimum atomic E-state index is 0.827. The van der Waals surface area contributed by atoms with Crippen molar-refractivity contribution in [3.05, 3.63) is 47.3 Å². The fourth-order valence-corrected chi connectivity index (χ4v) is 5.27. The van der Waals surface area contributed by atoms with Gasteiger partial charge in [0.1, 0.15) is 22.3 Å². The number of hydrogen-bond donors (Lipinski definition) is 0. The van der Waals surface area contributed by atoms with Crippen molar-refractivity contribution in [2.75, 3.05) is 36.0 Å². The molecule has 0 radical (unpaired) electrons. The van der Waals surface area contributed by atoms with Gasteiger partial charge in [-0.2, -0.15) is 0 Å². The minimum Gasteiger partial charge on any atom is -0.352 e. The van der Waals surface area contributed by atoms with Crippen LogP contribution in [-0.4, -0.2) is 46.1 Å². The normalized spacial score (nSPS) is 14.9. The zero-order chi connectivity index (χ0) is 18.2. The van der Waals surface area contributed by atoms with Gasteiger partial charge in [0.2, 0.25) is 0 Å². The van der Waals surface area contributed by atoms with Crippen LogP contribution in [-0.2, 0) is 0 Å². The van der Waals surface area contributed by atoms with Crippen molar-refractivity contribution in [1.29, 1.82) is 0 Å². The summed E-state index contributed by atoms with van der Waals surface area (Å²) in [5.74, 6) is 2.82. The van der Waals surface area contributed by atoms with Crippen molar-refractivity contribution in [2.24, 2.45) is 0 Å². The van der Waals surface area contributed by atoms with E-state index in [0.29, 0.717) is 0 Å². The summed E-state index contributed by atoms with van der Waals surface area (Å²) < 4.78 is 0. The molecule has 136 valence electrons. The first-order valence-corrected chi connectivity index (χ1v) is 10.6. The smallest absolute Gasteiger partial charge is 0.147 e. The number of hydrogen-bond acceptors (Lipinski definition) is 8. The number of aromatic nitrogens is 4. The molecular weight excluding hydrogens is 376 g/mol. The third-order valence-corrected chi connectivity index (χ3v) is 6.54. The van der Waals surface area contributed by atoms with Crippen LogP contribution in [0.25, 0.3) is 20.7 Å². The Balaban J connectivity index is 1.49. The lowest BCUT2D eigenvalue weighted by Gasteiger charge is -2.36. The van der Waals surface area contributed by atoms with E-state index in [9.17, 15) is 0 Å². The van der Waals surface area contributed by atoms with Gasteiger partial charge < -0.3 is 9.80 Å². The Morgan fingerprint density at radius 2 is 1.85 bits per heavy atom. The summed E-state index contributed by atoms with van der Waals surface area (Å²) in [5.41, 5.74) is 1.25. The second kappa shape index (κ2) is 6.86. The molecule has 1 fully saturated rings. The first kappa shape index (κ1) is 16.6. The van der Waals surface area contributed by atoms with Gasteiger partial charge in [0, 0.05) is 54.4 Å². The predicted octanol–water partition coefficient (Wildman–Crippen LogP) is 3.84. The molecule has 6 nitrogen and oxygen atoms in total. The molecule has 1 saturated heterocycles. The van der Waals surface area contributed by atoms with Crippen LogP contribution in [0.3, 0.4) is 0 Å². The molecule has 5 rings (SSSR count). The van der Waals surface area contributed by atoms with Crippen LogP contribution in [0, 0.1) is 6.92 Å². The lowest BCUT2D eigenvalue weighted by Crippen LogP contribution is -2.47. The van der Waals surface area contributed by atoms with E-state index in [1.165, 1.54) is 15.8 Å². The first-order chi connectivity index (χ1) is 13.3. The van der Waals surface area contributed by atoms with Gasteiger partial charge in [-0.1, -0.05) is 6.07 Å². The molecule has 4 aromatic heterocycles. The van der Waals surface area contributed by atoms with E-state index in [2.05, 4.69) is 47.6 Å². The number of aryl methyl sites for hydroxylation is 1. The van der Waals surface area contributed by atoms with Gasteiger partial charge in [0.15, 0.2) is 0 Å². The lowest BCUT2D eigenvalue weighted by molar-refractivity contribution is 0.641. The molecule has 8 heteroatoms. The molecule has 0 aliphatic carbocycles. The monoisotopic (exact) mass is 394 g/mol. The Bertz CT molecular complexity index is 1050. The van der Waals surface area contributed by atoms with Crippen molar-refractivity contribution in [3.63, 3.8) is 0 Å². The van der Waals surface area contributed by atoms with E-state index in [1.54, 1.807) is 35.1 Å². The molecule has 0 bridgehead atoms. The highest BCUT2D eigenvalue weighted by Crippen LogP contribution is 2.40. The van der Waals surface area contributed by atoms with Gasteiger partial charge in [-0.05, 0) is 18.4 Å². The zero-order valence-electron chi connectivity index (χ0n) is 14.9. The summed E-state index contributed by atoms with van der Waals surface area (Å²) in [6.45, 7) is 5.59. The molecular formula is C19H18N6S2. The van der Waals surface area contributed by atoms with Crippen LogP contribution in [0.1, 0.15) is 5.82 Å². The number of thiophene rings is 2. The molecule has 0 N–H and O–H groups in total. The summed E-state index contributed by atoms with van der Waals surface area (Å²) in [6, 6.07) is 4.26. The van der Waals surface area contributed by atoms with Crippen LogP contribution < -0.4 is 9.80 Å². The Kier molecular flexibility index (Phi) is 4.21. The van der Waals surface area contributed by atoms with Gasteiger partial charge in [0.25, 0.3) is 0 Å². The maximum atomic E-state index is 4.85. The van der Waals surface area contributed by atoms with Crippen LogP contribution in [0.15, 0.2) is 41.5 Å². The number of piperazine rings is 1. The highest BCUT2D eigenvalue weighted by atomic mass is 32.1. The average molecular weight is 395 g/mol. The molecule has 0 atom stereocenters. The number of fused-ring (bicyclic) bond motifs is 1. The Morgan fingerprint density at radius 1 is 1.00 bits per heavy atom. The van der Waals surface area contributed by atoms with Crippen LogP contribution >= 0.6 is 22.7 Å². The van der Waals surface area contributed by atoms with Crippen molar-refractivity contribution < 1.29 is 0 Å². The predicted molar refractivity (Wildman–Crippen MR) is 112 cm³/mol. The summed E-state index contributed by atoms with van der Waals surface area (Å²) >= 11 is 3.46. The molecule has 4 aromatic rings. The number of anilines is 2. The second-order valence-electron chi connectivity index (χ2n) is 6.44. The average Bonchev–Trinajstić information content (AvgIpc) is 3.37. The fourth-order valence-electron chi connectivity index (χ4n) is 3.47. The minimum absolute atomic E-state index is 0.827. The molecule has 0 saturated carbocycles. The Hall–Kier alpha value is -2.58. The van der Waals surface area contributed by atoms with Gasteiger partial charge in [-0.15, -0.1) is 22.7 Å². The van der Waals surface area contributed by atoms with Crippen molar-refractivity contribution >= 4 is 44.5 Å². The Labute approximate surface area is 165 Å². The third kappa shape index (κ3) is 3.04. The quantitative estimate of drug-likeness (QED) is 0.526. The first-order valence-electron chi connectivity index (χ1n) is 8.85. The highest BCUT2D eigenvalue weighted by Gasteiger charge is 2.24. The van der Waals surface area contributed by atoms with Crippen molar-refractivity contribution in [3.8, 4) is 10.4 Å². The topological polar surface area (TPSA) is 58.0 Å². The van der Waals surface area contributed by atoms with Crippen LogP contribution in [0.2, 0.25) is 0 Å². The maximum Gasteiger partial charge on any atom is 0.147 e. The van der Waals surface area contributed by atoms with E-state index in [0.717, 1.165) is 48.5 Å². The van der Waals surface area contributed by atoms with Gasteiger partial charge in [-0.3, -0.25) is 4.98 Å². The van der Waals surface area contributed by atoms with E-state index in [4.69, 9.17) is 4.98 Å². The molecule has 0 amide bonds. The van der Waals surface area contributed by atoms with E-state index in [1.807, 2.05) is 13.1 Å². The molecule has 1 aliphatic rings. The molecule has 0 aromatic carbocycles. The van der Waals surface area contributed by atoms with Gasteiger partial charge in [-0.25, -0.2) is 15.0 Å². The Morgan fingerprint density at radius 3 is 2.59 bits per heavy atom. The van der Waals surface area contributed by atoms with E-state index >= 15 is 0 Å². The largest absolute Gasteiger partial charge is 0.352 e. The fraction of sp³-hybridized carbons (Fsp3) is 0.263. The number of rotatable bonds is 3. The summed E-state index contributed by atoms with van der Waals surface area (Å²) in [5, 5.41) is 5.51. The lowest BCUT2D eigenvalue weighted by atomic mass is 10.1. The third-order valence-electron chi connectivity index (χ3n) is 4.77. The molecule has 0 spiro atoms. The van der Waals surface area contributed by atoms with Crippen molar-refractivity contribution in [2.45, 2.75) is 6.92 Å².